The van der Waals surface area contributed by atoms with Gasteiger partial charge < -0.3 is 9.47 Å². The number of carbonyl (C=O) groups excluding carboxylic acids is 2. The third kappa shape index (κ3) is 5.77. The van der Waals surface area contributed by atoms with Gasteiger partial charge >= 0.3 is 12.1 Å². The fourth-order valence-corrected chi connectivity index (χ4v) is 2.27. The maximum atomic E-state index is 12.0. The van der Waals surface area contributed by atoms with Crippen LogP contribution in [0.3, 0.4) is 0 Å². The number of ether oxygens (including phenoxy) is 2. The summed E-state index contributed by atoms with van der Waals surface area (Å²) < 4.78 is 9.88. The number of nitrogens with one attached hydrogen (secondary N) is 1. The van der Waals surface area contributed by atoms with Crippen molar-refractivity contribution in [3.05, 3.63) is 77.0 Å². The molecule has 2 aromatic carbocycles. The van der Waals surface area contributed by atoms with Crippen molar-refractivity contribution in [2.45, 2.75) is 26.4 Å². The fourth-order valence-electron chi connectivity index (χ4n) is 2.27. The second-order valence-electron chi connectivity index (χ2n) is 6.06. The molecule has 1 amide bonds. The highest BCUT2D eigenvalue weighted by atomic mass is 16.6. The number of alkyl carbamates (subject to hydrolysis) is 1. The van der Waals surface area contributed by atoms with Gasteiger partial charge in [-0.25, -0.2) is 9.59 Å². The molecule has 0 aliphatic carbocycles. The molecule has 0 unspecified atom stereocenters. The first-order valence-corrected chi connectivity index (χ1v) is 8.37. The van der Waals surface area contributed by atoms with E-state index in [-0.39, 0.29) is 12.3 Å². The average molecular weight is 353 g/mol. The van der Waals surface area contributed by atoms with E-state index >= 15 is 0 Å². The molecule has 1 N–H and O–H groups in total. The zero-order valence-corrected chi connectivity index (χ0v) is 15.2. The Morgan fingerprint density at radius 2 is 1.69 bits per heavy atom. The highest BCUT2D eigenvalue weighted by Gasteiger charge is 2.14. The van der Waals surface area contributed by atoms with Crippen LogP contribution < -0.4 is 5.32 Å². The van der Waals surface area contributed by atoms with Gasteiger partial charge in [0.15, 0.2) is 0 Å². The zero-order valence-electron chi connectivity index (χ0n) is 15.2. The Balaban J connectivity index is 2.06. The summed E-state index contributed by atoms with van der Waals surface area (Å²) in [7, 11) is 1.26. The first kappa shape index (κ1) is 19.2. The summed E-state index contributed by atoms with van der Waals surface area (Å²) in [6, 6.07) is 17.0. The Hall–Kier alpha value is -3.08. The fraction of sp³-hybridized carbons (Fsp3) is 0.238. The molecule has 0 fully saturated rings. The van der Waals surface area contributed by atoms with Crippen LogP contribution >= 0.6 is 0 Å². The van der Waals surface area contributed by atoms with E-state index in [1.807, 2.05) is 54.6 Å². The second-order valence-corrected chi connectivity index (χ2v) is 6.06. The normalized spacial score (nSPS) is 11.2. The van der Waals surface area contributed by atoms with Gasteiger partial charge in [-0.05, 0) is 28.7 Å². The predicted molar refractivity (Wildman–Crippen MR) is 100 cm³/mol. The summed E-state index contributed by atoms with van der Waals surface area (Å²) in [5.74, 6) is -0.228. The van der Waals surface area contributed by atoms with Crippen LogP contribution in [0.4, 0.5) is 4.79 Å². The van der Waals surface area contributed by atoms with Crippen molar-refractivity contribution < 1.29 is 19.1 Å². The first-order valence-electron chi connectivity index (χ1n) is 8.37. The standard InChI is InChI=1S/C21H23NO4/c1-15(2)18-11-9-16(10-12-18)13-19(20(23)25-3)22-21(24)26-14-17-7-5-4-6-8-17/h4-13,15H,14H2,1-3H3,(H,22,24). The highest BCUT2D eigenvalue weighted by Crippen LogP contribution is 2.16. The van der Waals surface area contributed by atoms with Crippen LogP contribution in [-0.4, -0.2) is 19.2 Å². The van der Waals surface area contributed by atoms with Gasteiger partial charge in [-0.15, -0.1) is 0 Å². The Labute approximate surface area is 153 Å². The summed E-state index contributed by atoms with van der Waals surface area (Å²) in [5.41, 5.74) is 2.84. The van der Waals surface area contributed by atoms with Crippen molar-refractivity contribution in [3.8, 4) is 0 Å². The van der Waals surface area contributed by atoms with Crippen LogP contribution in [0.15, 0.2) is 60.3 Å². The molecule has 0 heterocycles. The number of benzene rings is 2. The summed E-state index contributed by atoms with van der Waals surface area (Å²) in [5, 5.41) is 2.45. The van der Waals surface area contributed by atoms with Crippen molar-refractivity contribution in [1.29, 1.82) is 0 Å². The Morgan fingerprint density at radius 1 is 1.04 bits per heavy atom. The average Bonchev–Trinajstić information content (AvgIpc) is 2.66. The van der Waals surface area contributed by atoms with Gasteiger partial charge in [0.1, 0.15) is 12.3 Å². The number of hydrogen-bond donors (Lipinski definition) is 1. The first-order chi connectivity index (χ1) is 12.5. The number of methoxy groups -OCH3 is 1. The number of carbonyl (C=O) groups is 2. The SMILES string of the molecule is COC(=O)C(=Cc1ccc(C(C)C)cc1)NC(=O)OCc1ccccc1. The van der Waals surface area contributed by atoms with Gasteiger partial charge in [0, 0.05) is 0 Å². The molecule has 0 saturated heterocycles. The van der Waals surface area contributed by atoms with Crippen molar-refractivity contribution in [1.82, 2.24) is 5.32 Å². The molecule has 5 heteroatoms. The molecule has 0 spiro atoms. The quantitative estimate of drug-likeness (QED) is 0.623. The predicted octanol–water partition coefficient (Wildman–Crippen LogP) is 4.25. The lowest BCUT2D eigenvalue weighted by Crippen LogP contribution is -2.28. The maximum Gasteiger partial charge on any atom is 0.412 e. The smallest absolute Gasteiger partial charge is 0.412 e. The van der Waals surface area contributed by atoms with Gasteiger partial charge in [-0.3, -0.25) is 5.32 Å². The minimum atomic E-state index is -0.718. The third-order valence-electron chi connectivity index (χ3n) is 3.77. The minimum Gasteiger partial charge on any atom is -0.464 e. The van der Waals surface area contributed by atoms with Crippen LogP contribution in [0.5, 0.6) is 0 Å². The molecule has 0 bridgehead atoms. The number of esters is 1. The van der Waals surface area contributed by atoms with Crippen LogP contribution in [-0.2, 0) is 20.9 Å². The lowest BCUT2D eigenvalue weighted by Gasteiger charge is -2.10. The van der Waals surface area contributed by atoms with Gasteiger partial charge in [-0.2, -0.15) is 0 Å². The number of rotatable bonds is 6. The summed E-state index contributed by atoms with van der Waals surface area (Å²) in [6.07, 6.45) is 0.837. The number of hydrogen-bond acceptors (Lipinski definition) is 4. The van der Waals surface area contributed by atoms with E-state index in [1.54, 1.807) is 6.08 Å². The van der Waals surface area contributed by atoms with Gasteiger partial charge in [-0.1, -0.05) is 68.4 Å². The van der Waals surface area contributed by atoms with Crippen molar-refractivity contribution in [2.75, 3.05) is 7.11 Å². The van der Waals surface area contributed by atoms with Gasteiger partial charge in [0.05, 0.1) is 7.11 Å². The van der Waals surface area contributed by atoms with E-state index in [0.717, 1.165) is 11.1 Å². The van der Waals surface area contributed by atoms with Crippen molar-refractivity contribution in [3.63, 3.8) is 0 Å². The summed E-state index contributed by atoms with van der Waals surface area (Å²) in [6.45, 7) is 4.33. The molecule has 0 radical (unpaired) electrons. The molecular formula is C21H23NO4. The molecular weight excluding hydrogens is 330 g/mol. The Bertz CT molecular complexity index is 764. The van der Waals surface area contributed by atoms with Crippen LogP contribution in [0, 0.1) is 0 Å². The molecule has 136 valence electrons. The van der Waals surface area contributed by atoms with E-state index in [9.17, 15) is 9.59 Å². The molecule has 0 atom stereocenters. The van der Waals surface area contributed by atoms with Crippen LogP contribution in [0.2, 0.25) is 0 Å². The largest absolute Gasteiger partial charge is 0.464 e. The number of amides is 1. The summed E-state index contributed by atoms with van der Waals surface area (Å²) >= 11 is 0. The molecule has 0 aliphatic rings. The van der Waals surface area contributed by atoms with E-state index in [4.69, 9.17) is 9.47 Å². The molecule has 0 saturated carbocycles. The summed E-state index contributed by atoms with van der Waals surface area (Å²) in [4.78, 5) is 23.9. The monoisotopic (exact) mass is 353 g/mol. The van der Waals surface area contributed by atoms with E-state index in [1.165, 1.54) is 12.7 Å². The van der Waals surface area contributed by atoms with E-state index in [0.29, 0.717) is 5.92 Å². The van der Waals surface area contributed by atoms with E-state index < -0.39 is 12.1 Å². The van der Waals surface area contributed by atoms with Crippen molar-refractivity contribution in [2.24, 2.45) is 0 Å². The molecule has 0 aliphatic heterocycles. The molecule has 2 rings (SSSR count). The molecule has 5 nitrogen and oxygen atoms in total. The Morgan fingerprint density at radius 3 is 2.27 bits per heavy atom. The maximum absolute atomic E-state index is 12.0. The zero-order chi connectivity index (χ0) is 18.9. The lowest BCUT2D eigenvalue weighted by molar-refractivity contribution is -0.136. The topological polar surface area (TPSA) is 64.6 Å². The minimum absolute atomic E-state index is 0.0165. The molecule has 0 aromatic heterocycles. The van der Waals surface area contributed by atoms with Gasteiger partial charge in [0.25, 0.3) is 0 Å². The van der Waals surface area contributed by atoms with E-state index in [2.05, 4.69) is 19.2 Å². The van der Waals surface area contributed by atoms with Crippen molar-refractivity contribution >= 4 is 18.1 Å². The highest BCUT2D eigenvalue weighted by molar-refractivity contribution is 5.96. The second kappa shape index (κ2) is 9.42. The Kier molecular flexibility index (Phi) is 6.97. The third-order valence-corrected chi connectivity index (χ3v) is 3.77. The van der Waals surface area contributed by atoms with Crippen LogP contribution in [0.25, 0.3) is 6.08 Å². The molecule has 26 heavy (non-hydrogen) atoms. The lowest BCUT2D eigenvalue weighted by atomic mass is 10.0. The van der Waals surface area contributed by atoms with Gasteiger partial charge in [0.2, 0.25) is 0 Å². The molecule has 2 aromatic rings. The van der Waals surface area contributed by atoms with Crippen LogP contribution in [0.1, 0.15) is 36.5 Å².